The van der Waals surface area contributed by atoms with Crippen molar-refractivity contribution in [2.24, 2.45) is 0 Å². The Balaban J connectivity index is 2.54. The standard InChI is InChI=1S/C6H15N2/c1-6-7-4-5-8(6,2)3/h6-7H,4-5H2,1-3H3/q+1. The molecule has 1 N–H and O–H groups in total. The molecule has 0 aliphatic carbocycles. The average Bonchev–Trinajstić information content (AvgIpc) is 1.86. The van der Waals surface area contributed by atoms with Crippen molar-refractivity contribution < 1.29 is 4.48 Å². The van der Waals surface area contributed by atoms with Crippen LogP contribution in [0.5, 0.6) is 0 Å². The summed E-state index contributed by atoms with van der Waals surface area (Å²) in [4.78, 5) is 0. The molecule has 0 aromatic carbocycles. The van der Waals surface area contributed by atoms with E-state index in [4.69, 9.17) is 0 Å². The van der Waals surface area contributed by atoms with Crippen molar-refractivity contribution in [2.45, 2.75) is 13.1 Å². The Morgan fingerprint density at radius 2 is 2.12 bits per heavy atom. The Morgan fingerprint density at radius 3 is 2.25 bits per heavy atom. The van der Waals surface area contributed by atoms with Gasteiger partial charge in [0.1, 0.15) is 6.17 Å². The van der Waals surface area contributed by atoms with Crippen molar-refractivity contribution in [3.05, 3.63) is 0 Å². The van der Waals surface area contributed by atoms with Crippen LogP contribution in [-0.4, -0.2) is 37.8 Å². The number of nitrogens with one attached hydrogen (secondary N) is 1. The second kappa shape index (κ2) is 1.71. The Bertz CT molecular complexity index is 88.5. The number of hydrogen-bond donors (Lipinski definition) is 1. The first-order valence-corrected chi connectivity index (χ1v) is 3.19. The fourth-order valence-electron chi connectivity index (χ4n) is 1.00. The predicted molar refractivity (Wildman–Crippen MR) is 34.4 cm³/mol. The van der Waals surface area contributed by atoms with Gasteiger partial charge in [0.25, 0.3) is 0 Å². The van der Waals surface area contributed by atoms with Gasteiger partial charge in [0.2, 0.25) is 0 Å². The summed E-state index contributed by atoms with van der Waals surface area (Å²) in [6, 6.07) is 0. The number of likely N-dealkylation sites (N-methyl/N-ethyl adjacent to an activating group) is 1. The molecule has 0 saturated carbocycles. The van der Waals surface area contributed by atoms with Crippen LogP contribution in [0.25, 0.3) is 0 Å². The first kappa shape index (κ1) is 6.05. The number of nitrogens with zero attached hydrogens (tertiary/aromatic N) is 1. The maximum absolute atomic E-state index is 3.38. The lowest BCUT2D eigenvalue weighted by Crippen LogP contribution is -2.45. The van der Waals surface area contributed by atoms with E-state index in [2.05, 4.69) is 26.3 Å². The van der Waals surface area contributed by atoms with E-state index in [-0.39, 0.29) is 0 Å². The van der Waals surface area contributed by atoms with Gasteiger partial charge >= 0.3 is 0 Å². The van der Waals surface area contributed by atoms with Gasteiger partial charge in [-0.2, -0.15) is 0 Å². The number of quaternary nitrogens is 1. The van der Waals surface area contributed by atoms with E-state index >= 15 is 0 Å². The highest BCUT2D eigenvalue weighted by Crippen LogP contribution is 2.07. The third-order valence-electron chi connectivity index (χ3n) is 2.18. The molecule has 0 bridgehead atoms. The second-order valence-corrected chi connectivity index (χ2v) is 3.13. The van der Waals surface area contributed by atoms with E-state index in [9.17, 15) is 0 Å². The third kappa shape index (κ3) is 0.858. The van der Waals surface area contributed by atoms with Crippen molar-refractivity contribution in [1.29, 1.82) is 0 Å². The molecule has 1 heterocycles. The first-order chi connectivity index (χ1) is 3.63. The molecule has 8 heavy (non-hydrogen) atoms. The highest BCUT2D eigenvalue weighted by Gasteiger charge is 2.28. The smallest absolute Gasteiger partial charge is 0.139 e. The molecule has 0 amide bonds. The Hall–Kier alpha value is -0.0800. The van der Waals surface area contributed by atoms with Gasteiger partial charge in [-0.15, -0.1) is 0 Å². The van der Waals surface area contributed by atoms with Gasteiger partial charge in [0, 0.05) is 6.92 Å². The molecule has 1 aliphatic heterocycles. The van der Waals surface area contributed by atoms with Gasteiger partial charge in [0.15, 0.2) is 0 Å². The Morgan fingerprint density at radius 1 is 1.50 bits per heavy atom. The molecular weight excluding hydrogens is 100 g/mol. The summed E-state index contributed by atoms with van der Waals surface area (Å²) < 4.78 is 1.12. The van der Waals surface area contributed by atoms with Crippen LogP contribution in [-0.2, 0) is 0 Å². The van der Waals surface area contributed by atoms with Crippen LogP contribution < -0.4 is 5.32 Å². The van der Waals surface area contributed by atoms with Gasteiger partial charge < -0.3 is 4.48 Å². The summed E-state index contributed by atoms with van der Waals surface area (Å²) in [5.74, 6) is 0. The third-order valence-corrected chi connectivity index (χ3v) is 2.18. The van der Waals surface area contributed by atoms with Gasteiger partial charge in [-0.05, 0) is 0 Å². The molecule has 1 rings (SSSR count). The van der Waals surface area contributed by atoms with Crippen LogP contribution in [0, 0.1) is 0 Å². The molecule has 0 aromatic rings. The highest BCUT2D eigenvalue weighted by atomic mass is 15.4. The molecule has 0 radical (unpaired) electrons. The maximum atomic E-state index is 3.38. The fourth-order valence-corrected chi connectivity index (χ4v) is 1.00. The van der Waals surface area contributed by atoms with Crippen LogP contribution in [0.3, 0.4) is 0 Å². The molecule has 1 unspecified atom stereocenters. The topological polar surface area (TPSA) is 12.0 Å². The second-order valence-electron chi connectivity index (χ2n) is 3.13. The van der Waals surface area contributed by atoms with Crippen LogP contribution >= 0.6 is 0 Å². The summed E-state index contributed by atoms with van der Waals surface area (Å²) in [7, 11) is 4.51. The van der Waals surface area contributed by atoms with Gasteiger partial charge in [0.05, 0.1) is 27.2 Å². The normalized spacial score (nSPS) is 35.6. The molecule has 1 atom stereocenters. The number of hydrogen-bond acceptors (Lipinski definition) is 1. The average molecular weight is 115 g/mol. The quantitative estimate of drug-likeness (QED) is 0.439. The van der Waals surface area contributed by atoms with Crippen molar-refractivity contribution in [2.75, 3.05) is 27.2 Å². The van der Waals surface area contributed by atoms with Crippen molar-refractivity contribution in [3.63, 3.8) is 0 Å². The summed E-state index contributed by atoms with van der Waals surface area (Å²) in [6.45, 7) is 4.67. The number of rotatable bonds is 0. The molecule has 48 valence electrons. The lowest BCUT2D eigenvalue weighted by atomic mass is 10.4. The Kier molecular flexibility index (Phi) is 1.29. The molecule has 2 heteroatoms. The van der Waals surface area contributed by atoms with E-state index in [1.165, 1.54) is 13.1 Å². The predicted octanol–water partition coefficient (Wildman–Crippen LogP) is 0.0120. The molecular formula is C6H15N2+. The highest BCUT2D eigenvalue weighted by molar-refractivity contribution is 4.57. The minimum Gasteiger partial charge on any atom is -0.313 e. The van der Waals surface area contributed by atoms with Crippen molar-refractivity contribution >= 4 is 0 Å². The summed E-state index contributed by atoms with van der Waals surface area (Å²) in [5.41, 5.74) is 0. The van der Waals surface area contributed by atoms with E-state index in [0.717, 1.165) is 4.48 Å². The largest absolute Gasteiger partial charge is 0.313 e. The van der Waals surface area contributed by atoms with Crippen LogP contribution in [0.1, 0.15) is 6.92 Å². The Labute approximate surface area is 51.1 Å². The maximum Gasteiger partial charge on any atom is 0.139 e. The first-order valence-electron chi connectivity index (χ1n) is 3.19. The molecule has 2 nitrogen and oxygen atoms in total. The van der Waals surface area contributed by atoms with Crippen molar-refractivity contribution in [3.8, 4) is 0 Å². The SMILES string of the molecule is CC1NCC[N+]1(C)C. The van der Waals surface area contributed by atoms with E-state index in [0.29, 0.717) is 6.17 Å². The summed E-state index contributed by atoms with van der Waals surface area (Å²) >= 11 is 0. The van der Waals surface area contributed by atoms with Crippen LogP contribution in [0.15, 0.2) is 0 Å². The zero-order valence-corrected chi connectivity index (χ0v) is 5.94. The minimum absolute atomic E-state index is 0.648. The lowest BCUT2D eigenvalue weighted by molar-refractivity contribution is -0.901. The van der Waals surface area contributed by atoms with Crippen LogP contribution in [0.4, 0.5) is 0 Å². The van der Waals surface area contributed by atoms with Crippen LogP contribution in [0.2, 0.25) is 0 Å². The van der Waals surface area contributed by atoms with Gasteiger partial charge in [-0.25, -0.2) is 0 Å². The van der Waals surface area contributed by atoms with E-state index in [1.54, 1.807) is 0 Å². The van der Waals surface area contributed by atoms with E-state index in [1.807, 2.05) is 0 Å². The zero-order valence-electron chi connectivity index (χ0n) is 5.94. The van der Waals surface area contributed by atoms with Crippen molar-refractivity contribution in [1.82, 2.24) is 5.32 Å². The van der Waals surface area contributed by atoms with E-state index < -0.39 is 0 Å². The molecule has 0 spiro atoms. The minimum atomic E-state index is 0.648. The fraction of sp³-hybridized carbons (Fsp3) is 1.00. The molecule has 1 fully saturated rings. The molecule has 0 aromatic heterocycles. The van der Waals surface area contributed by atoms with Gasteiger partial charge in [-0.1, -0.05) is 0 Å². The zero-order chi connectivity index (χ0) is 6.20. The lowest BCUT2D eigenvalue weighted by Gasteiger charge is -2.27. The molecule has 1 aliphatic rings. The summed E-state index contributed by atoms with van der Waals surface area (Å²) in [6.07, 6.45) is 0.648. The summed E-state index contributed by atoms with van der Waals surface area (Å²) in [5, 5.41) is 3.38. The van der Waals surface area contributed by atoms with Gasteiger partial charge in [-0.3, -0.25) is 5.32 Å². The molecule has 1 saturated heterocycles. The monoisotopic (exact) mass is 115 g/mol.